The molecule has 5 heteroatoms. The molecule has 0 aliphatic carbocycles. The zero-order chi connectivity index (χ0) is 11.4. The Morgan fingerprint density at radius 2 is 2.06 bits per heavy atom. The van der Waals surface area contributed by atoms with Gasteiger partial charge < -0.3 is 21.7 Å². The Bertz CT molecular complexity index is 366. The van der Waals surface area contributed by atoms with Crippen molar-refractivity contribution in [3.05, 3.63) is 29.3 Å². The summed E-state index contributed by atoms with van der Waals surface area (Å²) in [5.74, 6) is -0.985. The van der Waals surface area contributed by atoms with Gasteiger partial charge in [0.1, 0.15) is 5.75 Å². The maximum atomic E-state index is 10.7. The predicted molar refractivity (Wildman–Crippen MR) is 62.5 cm³/mol. The second-order valence-corrected chi connectivity index (χ2v) is 3.35. The van der Waals surface area contributed by atoms with Gasteiger partial charge in [-0.3, -0.25) is 0 Å². The molecule has 0 aliphatic rings. The largest absolute Gasteiger partial charge is 0.508 e. The summed E-state index contributed by atoms with van der Waals surface area (Å²) >= 11 is 0. The van der Waals surface area contributed by atoms with Gasteiger partial charge in [0.25, 0.3) is 0 Å². The number of benzene rings is 1. The predicted octanol–water partition coefficient (Wildman–Crippen LogP) is 0.555. The van der Waals surface area contributed by atoms with Crippen LogP contribution in [0.1, 0.15) is 23.3 Å². The lowest BCUT2D eigenvalue weighted by molar-refractivity contribution is 0.0696. The first-order valence-corrected chi connectivity index (χ1v) is 4.55. The van der Waals surface area contributed by atoms with E-state index in [0.29, 0.717) is 12.0 Å². The number of carboxylic acid groups (broad SMARTS) is 1. The van der Waals surface area contributed by atoms with Crippen molar-refractivity contribution in [3.8, 4) is 5.75 Å². The molecule has 0 aliphatic heterocycles. The van der Waals surface area contributed by atoms with Crippen molar-refractivity contribution in [3.63, 3.8) is 0 Å². The second kappa shape index (κ2) is 6.09. The highest BCUT2D eigenvalue weighted by Crippen LogP contribution is 2.19. The fraction of sp³-hybridized carbons (Fsp3) is 0.364. The van der Waals surface area contributed by atoms with Gasteiger partial charge in [-0.1, -0.05) is 7.43 Å². The molecule has 0 saturated carbocycles. The molecule has 0 amide bonds. The summed E-state index contributed by atoms with van der Waals surface area (Å²) in [4.78, 5) is 10.7. The quantitative estimate of drug-likeness (QED) is 0.599. The SMILES string of the molecule is C.NCC(N)Cc1cc(C(=O)O)ccc1O. The van der Waals surface area contributed by atoms with Crippen LogP contribution in [-0.2, 0) is 6.42 Å². The number of aromatic carboxylic acids is 1. The lowest BCUT2D eigenvalue weighted by Crippen LogP contribution is -2.31. The van der Waals surface area contributed by atoms with Crippen LogP contribution in [0.4, 0.5) is 0 Å². The summed E-state index contributed by atoms with van der Waals surface area (Å²) in [5.41, 5.74) is 11.6. The number of phenolic OH excluding ortho intramolecular Hbond substituents is 1. The smallest absolute Gasteiger partial charge is 0.335 e. The molecule has 90 valence electrons. The van der Waals surface area contributed by atoms with Gasteiger partial charge in [-0.05, 0) is 30.2 Å². The minimum atomic E-state index is -1.03. The van der Waals surface area contributed by atoms with E-state index in [2.05, 4.69) is 0 Å². The minimum Gasteiger partial charge on any atom is -0.508 e. The van der Waals surface area contributed by atoms with Gasteiger partial charge in [-0.15, -0.1) is 0 Å². The van der Waals surface area contributed by atoms with Crippen molar-refractivity contribution in [1.82, 2.24) is 0 Å². The fourth-order valence-corrected chi connectivity index (χ4v) is 1.25. The molecule has 0 radical (unpaired) electrons. The first-order chi connectivity index (χ1) is 7.04. The monoisotopic (exact) mass is 226 g/mol. The van der Waals surface area contributed by atoms with Gasteiger partial charge in [-0.25, -0.2) is 4.79 Å². The van der Waals surface area contributed by atoms with Crippen molar-refractivity contribution < 1.29 is 15.0 Å². The van der Waals surface area contributed by atoms with E-state index in [1.807, 2.05) is 0 Å². The van der Waals surface area contributed by atoms with Crippen molar-refractivity contribution in [2.75, 3.05) is 6.54 Å². The molecule has 1 aromatic rings. The van der Waals surface area contributed by atoms with E-state index in [1.165, 1.54) is 18.2 Å². The van der Waals surface area contributed by atoms with Crippen LogP contribution in [-0.4, -0.2) is 28.8 Å². The summed E-state index contributed by atoms with van der Waals surface area (Å²) in [5, 5.41) is 18.2. The van der Waals surface area contributed by atoms with E-state index in [4.69, 9.17) is 16.6 Å². The highest BCUT2D eigenvalue weighted by atomic mass is 16.4. The van der Waals surface area contributed by atoms with Crippen molar-refractivity contribution in [1.29, 1.82) is 0 Å². The van der Waals surface area contributed by atoms with Crippen LogP contribution in [0.5, 0.6) is 5.75 Å². The number of hydrogen-bond donors (Lipinski definition) is 4. The average molecular weight is 226 g/mol. The van der Waals surface area contributed by atoms with E-state index >= 15 is 0 Å². The van der Waals surface area contributed by atoms with Crippen LogP contribution in [0.15, 0.2) is 18.2 Å². The summed E-state index contributed by atoms with van der Waals surface area (Å²) in [6.45, 7) is 0.288. The molecule has 5 nitrogen and oxygen atoms in total. The molecule has 1 unspecified atom stereocenters. The zero-order valence-electron chi connectivity index (χ0n) is 8.18. The third kappa shape index (κ3) is 3.52. The van der Waals surface area contributed by atoms with E-state index < -0.39 is 5.97 Å². The molecule has 0 fully saturated rings. The second-order valence-electron chi connectivity index (χ2n) is 3.35. The first kappa shape index (κ1) is 14.4. The normalized spacial score (nSPS) is 11.6. The Balaban J connectivity index is 0.00000225. The first-order valence-electron chi connectivity index (χ1n) is 4.55. The standard InChI is InChI=1S/C10H14N2O3.CH4/c11-5-8(12)4-7-3-6(10(14)15)1-2-9(7)13;/h1-3,8,13H,4-5,11-12H2,(H,14,15);1H4. The Kier molecular flexibility index (Phi) is 5.49. The Labute approximate surface area is 94.7 Å². The van der Waals surface area contributed by atoms with Gasteiger partial charge in [0.15, 0.2) is 0 Å². The summed E-state index contributed by atoms with van der Waals surface area (Å²) in [6.07, 6.45) is 0.365. The number of phenols is 1. The van der Waals surface area contributed by atoms with Crippen molar-refractivity contribution in [2.45, 2.75) is 19.9 Å². The average Bonchev–Trinajstić information content (AvgIpc) is 2.20. The lowest BCUT2D eigenvalue weighted by atomic mass is 10.0. The van der Waals surface area contributed by atoms with Crippen LogP contribution in [0.2, 0.25) is 0 Å². The van der Waals surface area contributed by atoms with E-state index in [9.17, 15) is 9.90 Å². The van der Waals surface area contributed by atoms with Crippen LogP contribution in [0, 0.1) is 0 Å². The number of hydrogen-bond acceptors (Lipinski definition) is 4. The van der Waals surface area contributed by atoms with Crippen molar-refractivity contribution in [2.24, 2.45) is 11.5 Å². The van der Waals surface area contributed by atoms with Gasteiger partial charge in [-0.2, -0.15) is 0 Å². The van der Waals surface area contributed by atoms with Gasteiger partial charge in [0.05, 0.1) is 5.56 Å². The third-order valence-electron chi connectivity index (χ3n) is 2.11. The molecule has 1 rings (SSSR count). The minimum absolute atomic E-state index is 0. The van der Waals surface area contributed by atoms with Crippen LogP contribution in [0.25, 0.3) is 0 Å². The van der Waals surface area contributed by atoms with Crippen LogP contribution >= 0.6 is 0 Å². The molecule has 1 atom stereocenters. The molecule has 0 spiro atoms. The number of carboxylic acids is 1. The number of carbonyl (C=O) groups is 1. The zero-order valence-corrected chi connectivity index (χ0v) is 8.18. The van der Waals surface area contributed by atoms with E-state index in [1.54, 1.807) is 0 Å². The number of nitrogens with two attached hydrogens (primary N) is 2. The fourth-order valence-electron chi connectivity index (χ4n) is 1.25. The third-order valence-corrected chi connectivity index (χ3v) is 2.11. The van der Waals surface area contributed by atoms with Gasteiger partial charge >= 0.3 is 5.97 Å². The molecule has 0 saturated heterocycles. The van der Waals surface area contributed by atoms with Crippen LogP contribution in [0.3, 0.4) is 0 Å². The molecule has 0 heterocycles. The lowest BCUT2D eigenvalue weighted by Gasteiger charge is -2.10. The molecular formula is C11H18N2O3. The van der Waals surface area contributed by atoms with Crippen molar-refractivity contribution >= 4 is 5.97 Å². The van der Waals surface area contributed by atoms with Gasteiger partial charge in [0.2, 0.25) is 0 Å². The topological polar surface area (TPSA) is 110 Å². The summed E-state index contributed by atoms with van der Waals surface area (Å²) in [7, 11) is 0. The Morgan fingerprint density at radius 3 is 2.56 bits per heavy atom. The summed E-state index contributed by atoms with van der Waals surface area (Å²) < 4.78 is 0. The molecule has 6 N–H and O–H groups in total. The maximum absolute atomic E-state index is 10.7. The molecule has 16 heavy (non-hydrogen) atoms. The van der Waals surface area contributed by atoms with E-state index in [0.717, 1.165) is 0 Å². The number of rotatable bonds is 4. The summed E-state index contributed by atoms with van der Waals surface area (Å²) in [6, 6.07) is 3.82. The number of aromatic hydroxyl groups is 1. The van der Waals surface area contributed by atoms with Gasteiger partial charge in [0, 0.05) is 12.6 Å². The molecular weight excluding hydrogens is 208 g/mol. The molecule has 0 aromatic heterocycles. The highest BCUT2D eigenvalue weighted by molar-refractivity contribution is 5.88. The van der Waals surface area contributed by atoms with Crippen LogP contribution < -0.4 is 11.5 Å². The Morgan fingerprint density at radius 1 is 1.44 bits per heavy atom. The highest BCUT2D eigenvalue weighted by Gasteiger charge is 2.10. The van der Waals surface area contributed by atoms with E-state index in [-0.39, 0.29) is 31.3 Å². The maximum Gasteiger partial charge on any atom is 0.335 e. The molecule has 1 aromatic carbocycles. The molecule has 0 bridgehead atoms. The Hall–Kier alpha value is -1.59.